The number of amides is 1. The Kier molecular flexibility index (Phi) is 1.98. The Morgan fingerprint density at radius 1 is 1.54 bits per heavy atom. The lowest BCUT2D eigenvalue weighted by Gasteiger charge is -2.36. The topological polar surface area (TPSA) is 59.2 Å². The molecule has 1 amide bonds. The Labute approximate surface area is 76.4 Å². The SMILES string of the molecule is NC1CN(Cc2ccncc2)C1=O. The number of likely N-dealkylation sites (tertiary alicyclic amines) is 1. The van der Waals surface area contributed by atoms with Crippen LogP contribution in [0.4, 0.5) is 0 Å². The zero-order valence-electron chi connectivity index (χ0n) is 7.18. The molecule has 1 atom stereocenters. The zero-order chi connectivity index (χ0) is 9.26. The van der Waals surface area contributed by atoms with E-state index in [1.54, 1.807) is 17.3 Å². The molecule has 2 rings (SSSR count). The molecule has 1 saturated heterocycles. The fourth-order valence-corrected chi connectivity index (χ4v) is 1.38. The average Bonchev–Trinajstić information content (AvgIpc) is 2.19. The van der Waals surface area contributed by atoms with Crippen molar-refractivity contribution in [2.75, 3.05) is 6.54 Å². The molecule has 2 heterocycles. The van der Waals surface area contributed by atoms with Gasteiger partial charge in [0.1, 0.15) is 6.04 Å². The van der Waals surface area contributed by atoms with Crippen molar-refractivity contribution >= 4 is 5.91 Å². The van der Waals surface area contributed by atoms with E-state index >= 15 is 0 Å². The Hall–Kier alpha value is -1.42. The van der Waals surface area contributed by atoms with Gasteiger partial charge in [0.2, 0.25) is 5.91 Å². The normalized spacial score (nSPS) is 21.5. The summed E-state index contributed by atoms with van der Waals surface area (Å²) in [6.45, 7) is 1.32. The Morgan fingerprint density at radius 3 is 2.77 bits per heavy atom. The molecule has 68 valence electrons. The minimum Gasteiger partial charge on any atom is -0.335 e. The van der Waals surface area contributed by atoms with Gasteiger partial charge in [-0.05, 0) is 17.7 Å². The van der Waals surface area contributed by atoms with Crippen molar-refractivity contribution in [1.82, 2.24) is 9.88 Å². The molecule has 4 nitrogen and oxygen atoms in total. The van der Waals surface area contributed by atoms with E-state index < -0.39 is 0 Å². The highest BCUT2D eigenvalue weighted by Gasteiger charge is 2.32. The van der Waals surface area contributed by atoms with Crippen LogP contribution in [0.3, 0.4) is 0 Å². The van der Waals surface area contributed by atoms with E-state index in [-0.39, 0.29) is 11.9 Å². The van der Waals surface area contributed by atoms with Crippen LogP contribution in [0.25, 0.3) is 0 Å². The van der Waals surface area contributed by atoms with Gasteiger partial charge < -0.3 is 10.6 Å². The first-order valence-electron chi connectivity index (χ1n) is 4.20. The second-order valence-corrected chi connectivity index (χ2v) is 3.18. The van der Waals surface area contributed by atoms with Crippen molar-refractivity contribution in [3.05, 3.63) is 30.1 Å². The summed E-state index contributed by atoms with van der Waals surface area (Å²) in [5.74, 6) is 0.0387. The van der Waals surface area contributed by atoms with E-state index in [0.717, 1.165) is 5.56 Å². The number of nitrogens with zero attached hydrogens (tertiary/aromatic N) is 2. The van der Waals surface area contributed by atoms with Gasteiger partial charge in [-0.3, -0.25) is 9.78 Å². The number of carbonyl (C=O) groups is 1. The molecule has 1 aromatic rings. The summed E-state index contributed by atoms with van der Waals surface area (Å²) >= 11 is 0. The van der Waals surface area contributed by atoms with Crippen molar-refractivity contribution in [3.63, 3.8) is 0 Å². The third kappa shape index (κ3) is 1.53. The maximum absolute atomic E-state index is 11.2. The van der Waals surface area contributed by atoms with E-state index in [4.69, 9.17) is 5.73 Å². The van der Waals surface area contributed by atoms with Gasteiger partial charge in [0.05, 0.1) is 0 Å². The van der Waals surface area contributed by atoms with Crippen LogP contribution >= 0.6 is 0 Å². The van der Waals surface area contributed by atoms with E-state index in [2.05, 4.69) is 4.98 Å². The number of β-lactam (4-membered cyclic amide) rings is 1. The van der Waals surface area contributed by atoms with Crippen LogP contribution in [0.1, 0.15) is 5.56 Å². The summed E-state index contributed by atoms with van der Waals surface area (Å²) < 4.78 is 0. The highest BCUT2D eigenvalue weighted by molar-refractivity contribution is 5.87. The van der Waals surface area contributed by atoms with Gasteiger partial charge in [0.15, 0.2) is 0 Å². The monoisotopic (exact) mass is 177 g/mol. The number of nitrogens with two attached hydrogens (primary N) is 1. The highest BCUT2D eigenvalue weighted by Crippen LogP contribution is 2.12. The minimum absolute atomic E-state index is 0.0387. The van der Waals surface area contributed by atoms with Crippen molar-refractivity contribution < 1.29 is 4.79 Å². The Bertz CT molecular complexity index is 312. The predicted octanol–water partition coefficient (Wildman–Crippen LogP) is -0.249. The molecule has 1 fully saturated rings. The summed E-state index contributed by atoms with van der Waals surface area (Å²) in [4.78, 5) is 16.8. The minimum atomic E-state index is -0.276. The predicted molar refractivity (Wildman–Crippen MR) is 47.6 cm³/mol. The molecule has 0 saturated carbocycles. The van der Waals surface area contributed by atoms with Crippen molar-refractivity contribution in [1.29, 1.82) is 0 Å². The molecule has 2 N–H and O–H groups in total. The smallest absolute Gasteiger partial charge is 0.241 e. The summed E-state index contributed by atoms with van der Waals surface area (Å²) in [7, 11) is 0. The van der Waals surface area contributed by atoms with Gasteiger partial charge in [0.25, 0.3) is 0 Å². The number of pyridine rings is 1. The molecule has 1 aliphatic rings. The average molecular weight is 177 g/mol. The molecule has 1 aromatic heterocycles. The molecule has 1 aliphatic heterocycles. The summed E-state index contributed by atoms with van der Waals surface area (Å²) in [6, 6.07) is 3.52. The van der Waals surface area contributed by atoms with Gasteiger partial charge in [-0.1, -0.05) is 0 Å². The number of rotatable bonds is 2. The molecule has 0 radical (unpaired) electrons. The van der Waals surface area contributed by atoms with E-state index in [0.29, 0.717) is 13.1 Å². The van der Waals surface area contributed by atoms with Crippen LogP contribution in [0, 0.1) is 0 Å². The number of aromatic nitrogens is 1. The van der Waals surface area contributed by atoms with Crippen LogP contribution in [0.15, 0.2) is 24.5 Å². The fourth-order valence-electron chi connectivity index (χ4n) is 1.38. The first-order chi connectivity index (χ1) is 6.27. The molecule has 13 heavy (non-hydrogen) atoms. The third-order valence-corrected chi connectivity index (χ3v) is 2.17. The lowest BCUT2D eigenvalue weighted by molar-refractivity contribution is -0.143. The first-order valence-corrected chi connectivity index (χ1v) is 4.20. The quantitative estimate of drug-likeness (QED) is 0.634. The van der Waals surface area contributed by atoms with Crippen LogP contribution < -0.4 is 5.73 Å². The van der Waals surface area contributed by atoms with Crippen LogP contribution in [-0.2, 0) is 11.3 Å². The Balaban J connectivity index is 1.97. The van der Waals surface area contributed by atoms with Crippen LogP contribution in [0.2, 0.25) is 0 Å². The second kappa shape index (κ2) is 3.14. The number of hydrogen-bond donors (Lipinski definition) is 1. The first kappa shape index (κ1) is 8.19. The third-order valence-electron chi connectivity index (χ3n) is 2.17. The van der Waals surface area contributed by atoms with E-state index in [1.165, 1.54) is 0 Å². The second-order valence-electron chi connectivity index (χ2n) is 3.18. The van der Waals surface area contributed by atoms with Gasteiger partial charge >= 0.3 is 0 Å². The lowest BCUT2D eigenvalue weighted by Crippen LogP contribution is -2.60. The molecule has 1 unspecified atom stereocenters. The maximum Gasteiger partial charge on any atom is 0.241 e. The summed E-state index contributed by atoms with van der Waals surface area (Å²) in [6.07, 6.45) is 3.44. The van der Waals surface area contributed by atoms with Crippen molar-refractivity contribution in [2.24, 2.45) is 5.73 Å². The number of hydrogen-bond acceptors (Lipinski definition) is 3. The van der Waals surface area contributed by atoms with Gasteiger partial charge in [-0.2, -0.15) is 0 Å². The lowest BCUT2D eigenvalue weighted by atomic mass is 10.1. The molecular weight excluding hydrogens is 166 g/mol. The number of carbonyl (C=O) groups excluding carboxylic acids is 1. The summed E-state index contributed by atoms with van der Waals surface area (Å²) in [5.41, 5.74) is 6.56. The van der Waals surface area contributed by atoms with E-state index in [9.17, 15) is 4.79 Å². The highest BCUT2D eigenvalue weighted by atomic mass is 16.2. The fraction of sp³-hybridized carbons (Fsp3) is 0.333. The van der Waals surface area contributed by atoms with Gasteiger partial charge in [0, 0.05) is 25.5 Å². The Morgan fingerprint density at radius 2 is 2.23 bits per heavy atom. The molecular formula is C9H11N3O. The molecule has 0 spiro atoms. The molecule has 4 heteroatoms. The molecule has 0 aromatic carbocycles. The van der Waals surface area contributed by atoms with Gasteiger partial charge in [-0.15, -0.1) is 0 Å². The standard InChI is InChI=1S/C9H11N3O/c10-8-6-12(9(8)13)5-7-1-3-11-4-2-7/h1-4,8H,5-6,10H2. The molecule has 0 aliphatic carbocycles. The van der Waals surface area contributed by atoms with Crippen molar-refractivity contribution in [2.45, 2.75) is 12.6 Å². The van der Waals surface area contributed by atoms with Crippen molar-refractivity contribution in [3.8, 4) is 0 Å². The van der Waals surface area contributed by atoms with E-state index in [1.807, 2.05) is 12.1 Å². The molecule has 0 bridgehead atoms. The summed E-state index contributed by atoms with van der Waals surface area (Å²) in [5, 5.41) is 0. The largest absolute Gasteiger partial charge is 0.335 e. The van der Waals surface area contributed by atoms with Crippen LogP contribution in [-0.4, -0.2) is 28.4 Å². The van der Waals surface area contributed by atoms with Gasteiger partial charge in [-0.25, -0.2) is 0 Å². The maximum atomic E-state index is 11.2. The van der Waals surface area contributed by atoms with Crippen LogP contribution in [0.5, 0.6) is 0 Å². The zero-order valence-corrected chi connectivity index (χ0v) is 7.18.